The number of halogens is 3. The predicted octanol–water partition coefficient (Wildman–Crippen LogP) is 5.23. The lowest BCUT2D eigenvalue weighted by Gasteiger charge is -2.15. The van der Waals surface area contributed by atoms with Crippen LogP contribution >= 0.6 is 0 Å². The first-order valence-corrected chi connectivity index (χ1v) is 8.97. The topological polar surface area (TPSA) is 42.0 Å². The van der Waals surface area contributed by atoms with Gasteiger partial charge in [0, 0.05) is 29.3 Å². The van der Waals surface area contributed by atoms with Crippen molar-refractivity contribution >= 4 is 16.8 Å². The molecule has 3 aromatic carbocycles. The molecule has 0 bridgehead atoms. The number of carbonyl (C=O) groups excluding carboxylic acids is 1. The van der Waals surface area contributed by atoms with Gasteiger partial charge in [-0.05, 0) is 64.7 Å². The van der Waals surface area contributed by atoms with Crippen molar-refractivity contribution in [3.8, 4) is 22.3 Å². The summed E-state index contributed by atoms with van der Waals surface area (Å²) in [6.45, 7) is 0.310. The van der Waals surface area contributed by atoms with Gasteiger partial charge in [0.05, 0.1) is 0 Å². The molecule has 1 aromatic heterocycles. The minimum atomic E-state index is -0.642. The Morgan fingerprint density at radius 2 is 1.66 bits per heavy atom. The molecule has 0 unspecified atom stereocenters. The minimum Gasteiger partial charge on any atom is -0.348 e. The van der Waals surface area contributed by atoms with E-state index < -0.39 is 17.5 Å². The number of fused-ring (bicyclic) bond motifs is 2. The zero-order valence-electron chi connectivity index (χ0n) is 15.0. The van der Waals surface area contributed by atoms with Crippen molar-refractivity contribution in [2.75, 3.05) is 0 Å². The number of carbonyl (C=O) groups is 1. The smallest absolute Gasteiger partial charge is 0.251 e. The van der Waals surface area contributed by atoms with E-state index >= 15 is 4.39 Å². The zero-order valence-corrected chi connectivity index (χ0v) is 15.0. The van der Waals surface area contributed by atoms with Crippen LogP contribution in [-0.4, -0.2) is 10.9 Å². The minimum absolute atomic E-state index is 0.0462. The van der Waals surface area contributed by atoms with Crippen LogP contribution < -0.4 is 5.32 Å². The van der Waals surface area contributed by atoms with Gasteiger partial charge in [-0.2, -0.15) is 0 Å². The van der Waals surface area contributed by atoms with Crippen LogP contribution in [0.3, 0.4) is 0 Å². The van der Waals surface area contributed by atoms with Crippen LogP contribution in [0.15, 0.2) is 60.8 Å². The van der Waals surface area contributed by atoms with Crippen LogP contribution in [0.4, 0.5) is 13.2 Å². The van der Waals surface area contributed by atoms with Crippen molar-refractivity contribution in [1.29, 1.82) is 0 Å². The Balaban J connectivity index is 1.83. The average Bonchev–Trinajstić information content (AvgIpc) is 3.10. The molecule has 1 aliphatic rings. The molecular weight excluding hydrogens is 377 g/mol. The molecule has 4 aromatic rings. The highest BCUT2D eigenvalue weighted by atomic mass is 19.1. The second-order valence-corrected chi connectivity index (χ2v) is 6.86. The molecule has 2 heterocycles. The van der Waals surface area contributed by atoms with Gasteiger partial charge < -0.3 is 5.32 Å². The van der Waals surface area contributed by atoms with Crippen molar-refractivity contribution in [3.63, 3.8) is 0 Å². The summed E-state index contributed by atoms with van der Waals surface area (Å²) in [7, 11) is 0. The SMILES string of the molecule is O=C1NCc2cc(-c3cc(F)c4ncccc4c3F)c(-c3ccc(F)cc3)cc21. The van der Waals surface area contributed by atoms with E-state index in [4.69, 9.17) is 0 Å². The number of pyridine rings is 1. The molecule has 0 atom stereocenters. The van der Waals surface area contributed by atoms with Crippen molar-refractivity contribution in [2.45, 2.75) is 6.54 Å². The number of nitrogens with zero attached hydrogens (tertiary/aromatic N) is 1. The van der Waals surface area contributed by atoms with E-state index in [-0.39, 0.29) is 22.4 Å². The maximum absolute atomic E-state index is 15.4. The van der Waals surface area contributed by atoms with Crippen molar-refractivity contribution in [1.82, 2.24) is 10.3 Å². The van der Waals surface area contributed by atoms with Gasteiger partial charge in [0.15, 0.2) is 0 Å². The molecule has 0 radical (unpaired) electrons. The van der Waals surface area contributed by atoms with E-state index in [0.29, 0.717) is 34.4 Å². The van der Waals surface area contributed by atoms with E-state index in [1.807, 2.05) is 0 Å². The highest BCUT2D eigenvalue weighted by Crippen LogP contribution is 2.39. The number of rotatable bonds is 2. The fourth-order valence-electron chi connectivity index (χ4n) is 3.74. The first-order valence-electron chi connectivity index (χ1n) is 8.97. The lowest BCUT2D eigenvalue weighted by molar-refractivity contribution is 0.0966. The molecule has 0 spiro atoms. The van der Waals surface area contributed by atoms with Crippen LogP contribution in [0.5, 0.6) is 0 Å². The van der Waals surface area contributed by atoms with Gasteiger partial charge >= 0.3 is 0 Å². The van der Waals surface area contributed by atoms with Crippen LogP contribution in [0.2, 0.25) is 0 Å². The largest absolute Gasteiger partial charge is 0.348 e. The van der Waals surface area contributed by atoms with E-state index in [1.54, 1.807) is 30.3 Å². The summed E-state index contributed by atoms with van der Waals surface area (Å²) in [5.41, 5.74) is 2.71. The van der Waals surface area contributed by atoms with Gasteiger partial charge in [-0.1, -0.05) is 12.1 Å². The second-order valence-electron chi connectivity index (χ2n) is 6.86. The molecule has 5 rings (SSSR count). The molecule has 6 heteroatoms. The molecule has 1 amide bonds. The number of amides is 1. The fourth-order valence-corrected chi connectivity index (χ4v) is 3.74. The second kappa shape index (κ2) is 6.44. The Morgan fingerprint density at radius 1 is 0.862 bits per heavy atom. The maximum Gasteiger partial charge on any atom is 0.251 e. The number of hydrogen-bond acceptors (Lipinski definition) is 2. The molecule has 0 saturated carbocycles. The first kappa shape index (κ1) is 17.4. The van der Waals surface area contributed by atoms with E-state index in [0.717, 1.165) is 6.07 Å². The average molecular weight is 390 g/mol. The molecule has 0 saturated heterocycles. The number of nitrogens with one attached hydrogen (secondary N) is 1. The maximum atomic E-state index is 15.4. The van der Waals surface area contributed by atoms with Gasteiger partial charge in [-0.15, -0.1) is 0 Å². The molecule has 29 heavy (non-hydrogen) atoms. The lowest BCUT2D eigenvalue weighted by atomic mass is 9.89. The first-order chi connectivity index (χ1) is 14.0. The van der Waals surface area contributed by atoms with Crippen molar-refractivity contribution < 1.29 is 18.0 Å². The number of hydrogen-bond donors (Lipinski definition) is 1. The van der Waals surface area contributed by atoms with Crippen LogP contribution in [0, 0.1) is 17.5 Å². The summed E-state index contributed by atoms with van der Waals surface area (Å²) in [6, 6.07) is 13.1. The number of benzene rings is 3. The Kier molecular flexibility index (Phi) is 3.87. The Morgan fingerprint density at radius 3 is 2.45 bits per heavy atom. The Bertz CT molecular complexity index is 1300. The molecule has 142 valence electrons. The summed E-state index contributed by atoms with van der Waals surface area (Å²) in [5.74, 6) is -1.89. The third kappa shape index (κ3) is 2.76. The lowest BCUT2D eigenvalue weighted by Crippen LogP contribution is -2.12. The highest BCUT2D eigenvalue weighted by molar-refractivity contribution is 6.02. The van der Waals surface area contributed by atoms with Gasteiger partial charge in [0.2, 0.25) is 0 Å². The highest BCUT2D eigenvalue weighted by Gasteiger charge is 2.24. The van der Waals surface area contributed by atoms with Crippen molar-refractivity contribution in [2.24, 2.45) is 0 Å². The Labute approximate surface area is 163 Å². The predicted molar refractivity (Wildman–Crippen MR) is 104 cm³/mol. The van der Waals surface area contributed by atoms with Gasteiger partial charge in [-0.25, -0.2) is 13.2 Å². The standard InChI is InChI=1S/C23H13F3N2O/c24-14-5-3-12(4-6-14)16-9-17-13(11-28-23(17)29)8-18(16)19-10-20(25)22-15(21(19)26)2-1-7-27-22/h1-10H,11H2,(H,28,29). The number of aromatic nitrogens is 1. The van der Waals surface area contributed by atoms with E-state index in [2.05, 4.69) is 10.3 Å². The summed E-state index contributed by atoms with van der Waals surface area (Å²) in [4.78, 5) is 16.1. The molecule has 0 aliphatic carbocycles. The summed E-state index contributed by atoms with van der Waals surface area (Å²) in [6.07, 6.45) is 1.40. The molecular formula is C23H13F3N2O. The van der Waals surface area contributed by atoms with Gasteiger partial charge in [-0.3, -0.25) is 9.78 Å². The Hall–Kier alpha value is -3.67. The molecule has 0 fully saturated rings. The van der Waals surface area contributed by atoms with E-state index in [9.17, 15) is 13.6 Å². The monoisotopic (exact) mass is 390 g/mol. The third-order valence-electron chi connectivity index (χ3n) is 5.15. The van der Waals surface area contributed by atoms with Gasteiger partial charge in [0.25, 0.3) is 5.91 Å². The zero-order chi connectivity index (χ0) is 20.1. The summed E-state index contributed by atoms with van der Waals surface area (Å²) >= 11 is 0. The van der Waals surface area contributed by atoms with Crippen molar-refractivity contribution in [3.05, 3.63) is 89.4 Å². The summed E-state index contributed by atoms with van der Waals surface area (Å²) < 4.78 is 43.5. The van der Waals surface area contributed by atoms with Crippen LogP contribution in [-0.2, 0) is 6.54 Å². The quantitative estimate of drug-likeness (QED) is 0.509. The van der Waals surface area contributed by atoms with E-state index in [1.165, 1.54) is 24.4 Å². The molecule has 1 N–H and O–H groups in total. The molecule has 1 aliphatic heterocycles. The molecule has 3 nitrogen and oxygen atoms in total. The normalized spacial score (nSPS) is 12.9. The summed E-state index contributed by atoms with van der Waals surface area (Å²) in [5, 5.41) is 2.80. The fraction of sp³-hybridized carbons (Fsp3) is 0.0435. The van der Waals surface area contributed by atoms with Crippen LogP contribution in [0.1, 0.15) is 15.9 Å². The van der Waals surface area contributed by atoms with Crippen LogP contribution in [0.25, 0.3) is 33.2 Å². The third-order valence-corrected chi connectivity index (χ3v) is 5.15. The van der Waals surface area contributed by atoms with Gasteiger partial charge in [0.1, 0.15) is 23.0 Å².